The summed E-state index contributed by atoms with van der Waals surface area (Å²) in [6.45, 7) is 4.57. The average molecular weight is 375 g/mol. The predicted molar refractivity (Wildman–Crippen MR) is 91.9 cm³/mol. The molecule has 0 radical (unpaired) electrons. The van der Waals surface area contributed by atoms with Gasteiger partial charge in [-0.2, -0.15) is 0 Å². The first-order valence-corrected chi connectivity index (χ1v) is 10.6. The van der Waals surface area contributed by atoms with Crippen molar-refractivity contribution < 1.29 is 51.4 Å². The zero-order chi connectivity index (χ0) is 17.4. The fraction of sp³-hybridized carbons (Fsp3) is 1.00. The molecule has 0 saturated heterocycles. The van der Waals surface area contributed by atoms with Crippen LogP contribution in [-0.2, 0) is 19.3 Å². The first-order valence-electron chi connectivity index (χ1n) is 9.25. The molecule has 0 amide bonds. The van der Waals surface area contributed by atoms with Gasteiger partial charge in [0.15, 0.2) is 6.29 Å². The maximum Gasteiger partial charge on any atom is 1.00 e. The van der Waals surface area contributed by atoms with Crippen LogP contribution in [0.5, 0.6) is 0 Å². The van der Waals surface area contributed by atoms with Crippen LogP contribution in [0.2, 0.25) is 0 Å². The van der Waals surface area contributed by atoms with E-state index < -0.39 is 16.7 Å². The molecule has 0 saturated carbocycles. The molecule has 5 nitrogen and oxygen atoms in total. The van der Waals surface area contributed by atoms with E-state index in [1.54, 1.807) is 0 Å². The molecule has 0 rings (SSSR count). The van der Waals surface area contributed by atoms with Crippen molar-refractivity contribution in [3.63, 3.8) is 0 Å². The Labute approximate surface area is 171 Å². The van der Waals surface area contributed by atoms with Gasteiger partial charge in [0, 0.05) is 6.61 Å². The first kappa shape index (κ1) is 27.1. The van der Waals surface area contributed by atoms with Gasteiger partial charge < -0.3 is 9.29 Å². The summed E-state index contributed by atoms with van der Waals surface area (Å²) in [6, 6.07) is 0. The van der Waals surface area contributed by atoms with Crippen LogP contribution in [0, 0.1) is 0 Å². The van der Waals surface area contributed by atoms with Gasteiger partial charge in [-0.1, -0.05) is 84.5 Å². The molecule has 0 aromatic heterocycles. The maximum atomic E-state index is 10.6. The number of unbranched alkanes of at least 4 members (excludes halogenated alkanes) is 10. The Hall–Kier alpha value is 0.830. The minimum atomic E-state index is -4.69. The molecule has 24 heavy (non-hydrogen) atoms. The van der Waals surface area contributed by atoms with Gasteiger partial charge >= 0.3 is 29.6 Å². The number of hydrogen-bond donors (Lipinski definition) is 0. The van der Waals surface area contributed by atoms with Gasteiger partial charge in [-0.3, -0.25) is 0 Å². The van der Waals surface area contributed by atoms with Gasteiger partial charge in [-0.15, -0.1) is 0 Å². The fourth-order valence-electron chi connectivity index (χ4n) is 2.51. The van der Waals surface area contributed by atoms with E-state index in [0.717, 1.165) is 12.8 Å². The van der Waals surface area contributed by atoms with Crippen molar-refractivity contribution in [2.75, 3.05) is 6.61 Å². The molecule has 1 unspecified atom stereocenters. The smallest absolute Gasteiger partial charge is 0.725 e. The molecule has 0 aliphatic carbocycles. The molecule has 0 spiro atoms. The third kappa shape index (κ3) is 20.9. The molecule has 0 heterocycles. The third-order valence-electron chi connectivity index (χ3n) is 3.80. The number of rotatable bonds is 17. The van der Waals surface area contributed by atoms with Crippen LogP contribution < -0.4 is 29.6 Å². The van der Waals surface area contributed by atoms with E-state index in [0.29, 0.717) is 19.4 Å². The van der Waals surface area contributed by atoms with E-state index >= 15 is 0 Å². The average Bonchev–Trinajstić information content (AvgIpc) is 2.47. The molecular weight excluding hydrogens is 339 g/mol. The molecule has 0 N–H and O–H groups in total. The summed E-state index contributed by atoms with van der Waals surface area (Å²) in [5.74, 6) is 0. The van der Waals surface area contributed by atoms with Crippen LogP contribution in [0.4, 0.5) is 0 Å². The molecule has 0 aliphatic heterocycles. The molecular formula is C17H35NaO5S. The monoisotopic (exact) mass is 374 g/mol. The van der Waals surface area contributed by atoms with Crippen molar-refractivity contribution in [3.05, 3.63) is 0 Å². The van der Waals surface area contributed by atoms with Crippen molar-refractivity contribution in [2.24, 2.45) is 0 Å². The molecule has 0 aliphatic rings. The van der Waals surface area contributed by atoms with E-state index in [1.165, 1.54) is 57.8 Å². The van der Waals surface area contributed by atoms with E-state index in [1.807, 2.05) is 6.92 Å². The summed E-state index contributed by atoms with van der Waals surface area (Å²) in [5.41, 5.74) is 0. The summed E-state index contributed by atoms with van der Waals surface area (Å²) < 4.78 is 41.4. The Morgan fingerprint density at radius 2 is 1.25 bits per heavy atom. The van der Waals surface area contributed by atoms with Crippen molar-refractivity contribution >= 4 is 10.4 Å². The Morgan fingerprint density at radius 1 is 0.792 bits per heavy atom. The summed E-state index contributed by atoms with van der Waals surface area (Å²) in [5, 5.41) is 0. The van der Waals surface area contributed by atoms with E-state index in [4.69, 9.17) is 4.74 Å². The van der Waals surface area contributed by atoms with Gasteiger partial charge in [0.1, 0.15) is 0 Å². The van der Waals surface area contributed by atoms with Gasteiger partial charge in [0.25, 0.3) is 0 Å². The van der Waals surface area contributed by atoms with Crippen molar-refractivity contribution in [1.82, 2.24) is 0 Å². The van der Waals surface area contributed by atoms with Crippen LogP contribution in [0.15, 0.2) is 0 Å². The molecule has 140 valence electrons. The van der Waals surface area contributed by atoms with Crippen LogP contribution in [0.3, 0.4) is 0 Å². The number of ether oxygens (including phenoxy) is 1. The number of hydrogen-bond acceptors (Lipinski definition) is 5. The second kappa shape index (κ2) is 18.6. The summed E-state index contributed by atoms with van der Waals surface area (Å²) in [7, 11) is -4.69. The van der Waals surface area contributed by atoms with Crippen LogP contribution in [-0.4, -0.2) is 25.9 Å². The van der Waals surface area contributed by atoms with Crippen molar-refractivity contribution in [1.29, 1.82) is 0 Å². The zero-order valence-electron chi connectivity index (χ0n) is 15.9. The van der Waals surface area contributed by atoms with Crippen molar-refractivity contribution in [3.8, 4) is 0 Å². The van der Waals surface area contributed by atoms with Crippen molar-refractivity contribution in [2.45, 2.75) is 104 Å². The van der Waals surface area contributed by atoms with Gasteiger partial charge in [-0.25, -0.2) is 12.6 Å². The summed E-state index contributed by atoms with van der Waals surface area (Å²) >= 11 is 0. The molecule has 7 heteroatoms. The Bertz CT molecular complexity index is 349. The molecule has 0 aromatic carbocycles. The molecule has 1 atom stereocenters. The van der Waals surface area contributed by atoms with Crippen LogP contribution >= 0.6 is 0 Å². The van der Waals surface area contributed by atoms with E-state index in [-0.39, 0.29) is 29.6 Å². The predicted octanol–water partition coefficient (Wildman–Crippen LogP) is 1.92. The zero-order valence-corrected chi connectivity index (χ0v) is 18.7. The topological polar surface area (TPSA) is 75.7 Å². The van der Waals surface area contributed by atoms with Gasteiger partial charge in [0.05, 0.1) is 0 Å². The van der Waals surface area contributed by atoms with Crippen LogP contribution in [0.25, 0.3) is 0 Å². The van der Waals surface area contributed by atoms with E-state index in [9.17, 15) is 13.0 Å². The molecule has 0 bridgehead atoms. The first-order chi connectivity index (χ1) is 11.0. The van der Waals surface area contributed by atoms with Gasteiger partial charge in [0.2, 0.25) is 10.4 Å². The summed E-state index contributed by atoms with van der Waals surface area (Å²) in [6.07, 6.45) is 13.9. The largest absolute Gasteiger partial charge is 1.00 e. The second-order valence-corrected chi connectivity index (χ2v) is 7.14. The maximum absolute atomic E-state index is 10.6. The fourth-order valence-corrected chi connectivity index (χ4v) is 2.92. The Kier molecular flexibility index (Phi) is 21.0. The second-order valence-electron chi connectivity index (χ2n) is 6.13. The third-order valence-corrected chi connectivity index (χ3v) is 4.25. The standard InChI is InChI=1S/C17H36O5S.Na/c1-3-5-6-7-8-9-10-11-12-13-14-16-21-17(15-4-2)22-23(18,19)20;/h17H,3-16H2,1-2H3,(H,18,19,20);/q;+1/p-1. The normalized spacial score (nSPS) is 12.8. The molecule has 0 aromatic rings. The van der Waals surface area contributed by atoms with Gasteiger partial charge in [-0.05, 0) is 12.8 Å². The van der Waals surface area contributed by atoms with E-state index in [2.05, 4.69) is 11.1 Å². The Morgan fingerprint density at radius 3 is 1.67 bits per heavy atom. The Balaban J connectivity index is 0. The minimum Gasteiger partial charge on any atom is -0.725 e. The SMILES string of the molecule is CCCCCCCCCCCCCOC(CCC)OS(=O)(=O)[O-].[Na+]. The summed E-state index contributed by atoms with van der Waals surface area (Å²) in [4.78, 5) is 0. The molecule has 0 fully saturated rings. The quantitative estimate of drug-likeness (QED) is 0.128. The van der Waals surface area contributed by atoms with Crippen LogP contribution in [0.1, 0.15) is 97.3 Å². The minimum absolute atomic E-state index is 0.